The lowest BCUT2D eigenvalue weighted by Gasteiger charge is -2.26. The van der Waals surface area contributed by atoms with Crippen LogP contribution in [0.2, 0.25) is 0 Å². The second-order valence-corrected chi connectivity index (χ2v) is 16.2. The van der Waals surface area contributed by atoms with Gasteiger partial charge in [0, 0.05) is 61.4 Å². The SMILES string of the molecule is c1ccc(N(c2ccc(-c3ccc(N(c4ccccc4)c4ccc(-n5c6ccccc6c6ccccc65)cc4)cc3)cc2)c2ccc(-c3ccc4oc5ccccc5c4c3)cc2)cc1. The first-order chi connectivity index (χ1) is 31.7. The van der Waals surface area contributed by atoms with Crippen molar-refractivity contribution in [3.8, 4) is 27.9 Å². The fourth-order valence-corrected chi connectivity index (χ4v) is 9.31. The summed E-state index contributed by atoms with van der Waals surface area (Å²) < 4.78 is 8.46. The van der Waals surface area contributed by atoms with Gasteiger partial charge in [-0.15, -0.1) is 0 Å². The zero-order valence-corrected chi connectivity index (χ0v) is 34.9. The molecule has 0 aliphatic heterocycles. The van der Waals surface area contributed by atoms with Gasteiger partial charge in [-0.05, 0) is 138 Å². The van der Waals surface area contributed by atoms with E-state index in [2.05, 4.69) is 251 Å². The number of rotatable bonds is 9. The Morgan fingerprint density at radius 1 is 0.266 bits per heavy atom. The van der Waals surface area contributed by atoms with E-state index in [-0.39, 0.29) is 0 Å². The highest BCUT2D eigenvalue weighted by molar-refractivity contribution is 6.09. The smallest absolute Gasteiger partial charge is 0.135 e. The molecule has 12 aromatic rings. The van der Waals surface area contributed by atoms with Gasteiger partial charge in [0.05, 0.1) is 11.0 Å². The Bertz CT molecular complexity index is 3520. The van der Waals surface area contributed by atoms with Crippen LogP contribution in [0.3, 0.4) is 0 Å². The molecule has 2 aromatic heterocycles. The molecule has 0 unspecified atom stereocenters. The fraction of sp³-hybridized carbons (Fsp3) is 0. The number of nitrogens with zero attached hydrogens (tertiary/aromatic N) is 3. The van der Waals surface area contributed by atoms with Crippen molar-refractivity contribution in [2.45, 2.75) is 0 Å². The van der Waals surface area contributed by atoms with Crippen molar-refractivity contribution in [3.05, 3.63) is 249 Å². The number of para-hydroxylation sites is 5. The minimum absolute atomic E-state index is 0.906. The van der Waals surface area contributed by atoms with Crippen LogP contribution in [0.5, 0.6) is 0 Å². The average Bonchev–Trinajstić information content (AvgIpc) is 3.91. The number of anilines is 6. The molecule has 0 bridgehead atoms. The maximum Gasteiger partial charge on any atom is 0.135 e. The van der Waals surface area contributed by atoms with Crippen molar-refractivity contribution in [1.82, 2.24) is 4.57 Å². The Balaban J connectivity index is 0.835. The fourth-order valence-electron chi connectivity index (χ4n) is 9.31. The molecule has 0 aliphatic carbocycles. The zero-order chi connectivity index (χ0) is 42.4. The van der Waals surface area contributed by atoms with Crippen LogP contribution in [0.25, 0.3) is 71.7 Å². The van der Waals surface area contributed by atoms with E-state index in [1.165, 1.54) is 21.8 Å². The van der Waals surface area contributed by atoms with Crippen LogP contribution in [-0.4, -0.2) is 4.57 Å². The van der Waals surface area contributed by atoms with Gasteiger partial charge in [0.15, 0.2) is 0 Å². The first-order valence-corrected chi connectivity index (χ1v) is 21.7. The Labute approximate surface area is 371 Å². The predicted molar refractivity (Wildman–Crippen MR) is 268 cm³/mol. The lowest BCUT2D eigenvalue weighted by atomic mass is 10.0. The summed E-state index contributed by atoms with van der Waals surface area (Å²) in [5.41, 5.74) is 16.6. The molecule has 0 fully saturated rings. The summed E-state index contributed by atoms with van der Waals surface area (Å²) in [4.78, 5) is 4.64. The largest absolute Gasteiger partial charge is 0.456 e. The summed E-state index contributed by atoms with van der Waals surface area (Å²) in [6, 6.07) is 88.7. The second kappa shape index (κ2) is 15.7. The van der Waals surface area contributed by atoms with Crippen molar-refractivity contribution in [3.63, 3.8) is 0 Å². The monoisotopic (exact) mass is 819 g/mol. The topological polar surface area (TPSA) is 24.6 Å². The number of benzene rings is 10. The highest BCUT2D eigenvalue weighted by Gasteiger charge is 2.17. The number of hydrogen-bond acceptors (Lipinski definition) is 3. The molecule has 4 nitrogen and oxygen atoms in total. The van der Waals surface area contributed by atoms with E-state index in [4.69, 9.17) is 4.42 Å². The summed E-state index contributed by atoms with van der Waals surface area (Å²) in [5.74, 6) is 0. The Kier molecular flexibility index (Phi) is 9.12. The van der Waals surface area contributed by atoms with Crippen LogP contribution < -0.4 is 9.80 Å². The van der Waals surface area contributed by atoms with Crippen molar-refractivity contribution >= 4 is 77.9 Å². The van der Waals surface area contributed by atoms with E-state index < -0.39 is 0 Å². The van der Waals surface area contributed by atoms with Crippen LogP contribution in [0.15, 0.2) is 253 Å². The molecule has 0 saturated carbocycles. The van der Waals surface area contributed by atoms with Gasteiger partial charge in [-0.25, -0.2) is 0 Å². The van der Waals surface area contributed by atoms with Crippen molar-refractivity contribution < 1.29 is 4.42 Å². The van der Waals surface area contributed by atoms with Gasteiger partial charge in [0.1, 0.15) is 11.2 Å². The summed E-state index contributed by atoms with van der Waals surface area (Å²) in [6.07, 6.45) is 0. The summed E-state index contributed by atoms with van der Waals surface area (Å²) >= 11 is 0. The minimum atomic E-state index is 0.906. The molecule has 302 valence electrons. The van der Waals surface area contributed by atoms with Gasteiger partial charge in [-0.1, -0.05) is 133 Å². The van der Waals surface area contributed by atoms with Gasteiger partial charge in [0.2, 0.25) is 0 Å². The molecule has 0 saturated heterocycles. The van der Waals surface area contributed by atoms with Crippen LogP contribution in [0.4, 0.5) is 34.1 Å². The molecule has 12 rings (SSSR count). The molecule has 0 N–H and O–H groups in total. The molecule has 0 atom stereocenters. The summed E-state index contributed by atoms with van der Waals surface area (Å²) in [5, 5.41) is 4.79. The third kappa shape index (κ3) is 6.57. The van der Waals surface area contributed by atoms with Crippen LogP contribution in [-0.2, 0) is 0 Å². The Morgan fingerprint density at radius 3 is 1.12 bits per heavy atom. The first-order valence-electron chi connectivity index (χ1n) is 21.7. The van der Waals surface area contributed by atoms with Crippen molar-refractivity contribution in [1.29, 1.82) is 0 Å². The molecular weight excluding hydrogens is 779 g/mol. The molecule has 0 aliphatic rings. The second-order valence-electron chi connectivity index (χ2n) is 16.2. The van der Waals surface area contributed by atoms with Gasteiger partial charge in [-0.3, -0.25) is 0 Å². The van der Waals surface area contributed by atoms with Gasteiger partial charge in [-0.2, -0.15) is 0 Å². The average molecular weight is 820 g/mol. The molecule has 10 aromatic carbocycles. The number of furan rings is 1. The van der Waals surface area contributed by atoms with Crippen LogP contribution >= 0.6 is 0 Å². The lowest BCUT2D eigenvalue weighted by Crippen LogP contribution is -2.10. The molecule has 0 amide bonds. The molecular formula is C60H41N3O. The molecule has 0 spiro atoms. The van der Waals surface area contributed by atoms with E-state index in [0.29, 0.717) is 0 Å². The normalized spacial score (nSPS) is 11.4. The van der Waals surface area contributed by atoms with E-state index >= 15 is 0 Å². The van der Waals surface area contributed by atoms with Crippen LogP contribution in [0.1, 0.15) is 0 Å². The first kappa shape index (κ1) is 37.2. The number of fused-ring (bicyclic) bond motifs is 6. The van der Waals surface area contributed by atoms with Gasteiger partial charge in [0.25, 0.3) is 0 Å². The highest BCUT2D eigenvalue weighted by Crippen LogP contribution is 2.40. The summed E-state index contributed by atoms with van der Waals surface area (Å²) in [6.45, 7) is 0. The van der Waals surface area contributed by atoms with Gasteiger partial charge < -0.3 is 18.8 Å². The lowest BCUT2D eigenvalue weighted by molar-refractivity contribution is 0.669. The van der Waals surface area contributed by atoms with E-state index in [1.54, 1.807) is 0 Å². The third-order valence-corrected chi connectivity index (χ3v) is 12.4. The zero-order valence-electron chi connectivity index (χ0n) is 34.9. The molecule has 0 radical (unpaired) electrons. The van der Waals surface area contributed by atoms with Crippen LogP contribution in [0, 0.1) is 0 Å². The predicted octanol–water partition coefficient (Wildman–Crippen LogP) is 17.0. The van der Waals surface area contributed by atoms with Gasteiger partial charge >= 0.3 is 0 Å². The van der Waals surface area contributed by atoms with Crippen molar-refractivity contribution in [2.75, 3.05) is 9.80 Å². The Hall–Kier alpha value is -8.60. The number of hydrogen-bond donors (Lipinski definition) is 0. The molecule has 4 heteroatoms. The molecule has 2 heterocycles. The standard InChI is InChI=1S/C60H41N3O/c1-3-13-46(14-4-1)61(50-34-27-44(28-35-50)45-29-40-60-56(41-45)55-19-9-12-22-59(55)64-60)48-30-23-42(24-31-48)43-25-32-49(33-26-43)62(47-15-5-2-6-16-47)51-36-38-52(39-37-51)63-57-20-10-7-17-53(57)54-18-8-11-21-58(54)63/h1-41H. The van der Waals surface area contributed by atoms with E-state index in [9.17, 15) is 0 Å². The number of aromatic nitrogens is 1. The van der Waals surface area contributed by atoms with E-state index in [1.807, 2.05) is 12.1 Å². The highest BCUT2D eigenvalue weighted by atomic mass is 16.3. The summed E-state index contributed by atoms with van der Waals surface area (Å²) in [7, 11) is 0. The molecule has 64 heavy (non-hydrogen) atoms. The quantitative estimate of drug-likeness (QED) is 0.145. The third-order valence-electron chi connectivity index (χ3n) is 12.4. The van der Waals surface area contributed by atoms with E-state index in [0.717, 1.165) is 84.0 Å². The Morgan fingerprint density at radius 2 is 0.625 bits per heavy atom. The maximum absolute atomic E-state index is 6.10. The minimum Gasteiger partial charge on any atom is -0.456 e. The maximum atomic E-state index is 6.10. The van der Waals surface area contributed by atoms with Crippen molar-refractivity contribution in [2.24, 2.45) is 0 Å².